The first-order chi connectivity index (χ1) is 34.3. The molecule has 2 aromatic heterocycles. The Hall–Kier alpha value is -9.18. The number of anilines is 3. The van der Waals surface area contributed by atoms with Gasteiger partial charge in [-0.1, -0.05) is 200 Å². The van der Waals surface area contributed by atoms with Crippen LogP contribution in [0, 0.1) is 0 Å². The highest BCUT2D eigenvalue weighted by Crippen LogP contribution is 2.49. The van der Waals surface area contributed by atoms with Crippen molar-refractivity contribution in [3.8, 4) is 55.9 Å². The quantitative estimate of drug-likeness (QED) is 0.141. The number of nitrogens with zero attached hydrogens (tertiary/aromatic N) is 3. The monoisotopic (exact) mass is 879 g/mol. The molecule has 0 aliphatic heterocycles. The van der Waals surface area contributed by atoms with Crippen LogP contribution in [0.25, 0.3) is 99.5 Å². The molecule has 11 aromatic carbocycles. The average molecular weight is 880 g/mol. The highest BCUT2D eigenvalue weighted by molar-refractivity contribution is 6.18. The Balaban J connectivity index is 1.08. The molecular formula is C66H45N3. The zero-order chi connectivity index (χ0) is 45.7. The van der Waals surface area contributed by atoms with Crippen molar-refractivity contribution < 1.29 is 0 Å². The van der Waals surface area contributed by atoms with Gasteiger partial charge >= 0.3 is 0 Å². The fourth-order valence-corrected chi connectivity index (χ4v) is 10.8. The van der Waals surface area contributed by atoms with Gasteiger partial charge in [-0.3, -0.25) is 0 Å². The molecule has 0 fully saturated rings. The van der Waals surface area contributed by atoms with E-state index in [1.54, 1.807) is 0 Å². The van der Waals surface area contributed by atoms with E-state index in [4.69, 9.17) is 0 Å². The summed E-state index contributed by atoms with van der Waals surface area (Å²) < 4.78 is 4.81. The van der Waals surface area contributed by atoms with Crippen LogP contribution in [0.5, 0.6) is 0 Å². The Morgan fingerprint density at radius 2 is 0.652 bits per heavy atom. The van der Waals surface area contributed by atoms with Crippen LogP contribution in [-0.2, 0) is 0 Å². The van der Waals surface area contributed by atoms with E-state index in [2.05, 4.69) is 287 Å². The summed E-state index contributed by atoms with van der Waals surface area (Å²) in [6, 6.07) is 99.2. The lowest BCUT2D eigenvalue weighted by molar-refractivity contribution is 1.18. The molecule has 0 saturated carbocycles. The van der Waals surface area contributed by atoms with Crippen molar-refractivity contribution >= 4 is 60.7 Å². The molecule has 13 rings (SSSR count). The van der Waals surface area contributed by atoms with E-state index >= 15 is 0 Å². The standard InChI is InChI=1S/C66H45N3/c1-4-23-46(24-5-1)51-31-10-11-32-53(51)54-33-12-13-34-55(54)56-35-14-17-39-59(56)69(64-44-22-43-63-66(64)58-37-16-19-41-61(58)68(63)49-28-8-3-9-29-49)50-30-20-25-47(45-50)52-38-21-42-62-65(52)57-36-15-18-40-60(57)67(62)48-26-6-2-7-27-48/h1-45H. The molecule has 0 atom stereocenters. The average Bonchev–Trinajstić information content (AvgIpc) is 3.96. The molecule has 2 heterocycles. The molecule has 0 unspecified atom stereocenters. The summed E-state index contributed by atoms with van der Waals surface area (Å²) in [6.45, 7) is 0. The number of aromatic nitrogens is 2. The molecule has 69 heavy (non-hydrogen) atoms. The summed E-state index contributed by atoms with van der Waals surface area (Å²) in [5.41, 5.74) is 19.6. The predicted molar refractivity (Wildman–Crippen MR) is 292 cm³/mol. The van der Waals surface area contributed by atoms with Crippen LogP contribution in [0.3, 0.4) is 0 Å². The van der Waals surface area contributed by atoms with Gasteiger partial charge in [0.2, 0.25) is 0 Å². The second-order valence-corrected chi connectivity index (χ2v) is 17.6. The highest BCUT2D eigenvalue weighted by Gasteiger charge is 2.25. The Kier molecular flexibility index (Phi) is 9.84. The van der Waals surface area contributed by atoms with Crippen molar-refractivity contribution in [1.82, 2.24) is 9.13 Å². The normalized spacial score (nSPS) is 11.5. The minimum atomic E-state index is 1.06. The molecular weight excluding hydrogens is 835 g/mol. The van der Waals surface area contributed by atoms with E-state index in [1.807, 2.05) is 0 Å². The number of para-hydroxylation sites is 5. The maximum atomic E-state index is 2.51. The summed E-state index contributed by atoms with van der Waals surface area (Å²) in [4.78, 5) is 2.51. The molecule has 0 aliphatic rings. The highest BCUT2D eigenvalue weighted by atomic mass is 15.2. The first-order valence-corrected chi connectivity index (χ1v) is 23.7. The zero-order valence-electron chi connectivity index (χ0n) is 37.8. The van der Waals surface area contributed by atoms with E-state index in [-0.39, 0.29) is 0 Å². The van der Waals surface area contributed by atoms with Crippen LogP contribution in [0.1, 0.15) is 0 Å². The third kappa shape index (κ3) is 6.74. The first-order valence-electron chi connectivity index (χ1n) is 23.7. The number of hydrogen-bond donors (Lipinski definition) is 0. The molecule has 0 spiro atoms. The van der Waals surface area contributed by atoms with Crippen LogP contribution in [0.2, 0.25) is 0 Å². The number of rotatable bonds is 9. The summed E-state index contributed by atoms with van der Waals surface area (Å²) in [5, 5.41) is 4.85. The molecule has 13 aromatic rings. The second-order valence-electron chi connectivity index (χ2n) is 17.6. The van der Waals surface area contributed by atoms with Crippen LogP contribution in [-0.4, -0.2) is 9.13 Å². The Labute approximate surface area is 401 Å². The second kappa shape index (κ2) is 16.9. The van der Waals surface area contributed by atoms with Crippen molar-refractivity contribution in [2.75, 3.05) is 4.90 Å². The summed E-state index contributed by atoms with van der Waals surface area (Å²) in [7, 11) is 0. The predicted octanol–water partition coefficient (Wildman–Crippen LogP) is 18.0. The van der Waals surface area contributed by atoms with Gasteiger partial charge in [-0.2, -0.15) is 0 Å². The van der Waals surface area contributed by atoms with Gasteiger partial charge in [0.15, 0.2) is 0 Å². The number of benzene rings is 11. The summed E-state index contributed by atoms with van der Waals surface area (Å²) >= 11 is 0. The summed E-state index contributed by atoms with van der Waals surface area (Å²) in [6.07, 6.45) is 0. The SMILES string of the molecule is c1ccc(-c2ccccc2-c2ccccc2-c2ccccc2N(c2cccc(-c3cccc4c3c3ccccc3n4-c3ccccc3)c2)c2cccc3c2c2ccccc2n3-c2ccccc2)cc1. The lowest BCUT2D eigenvalue weighted by atomic mass is 9.88. The minimum Gasteiger partial charge on any atom is -0.309 e. The third-order valence-corrected chi connectivity index (χ3v) is 13.7. The van der Waals surface area contributed by atoms with Crippen LogP contribution in [0.15, 0.2) is 273 Å². The maximum absolute atomic E-state index is 2.51. The van der Waals surface area contributed by atoms with E-state index in [0.29, 0.717) is 0 Å². The van der Waals surface area contributed by atoms with Crippen molar-refractivity contribution in [3.05, 3.63) is 273 Å². The van der Waals surface area contributed by atoms with Gasteiger partial charge in [0, 0.05) is 44.2 Å². The van der Waals surface area contributed by atoms with Gasteiger partial charge in [-0.05, 0) is 112 Å². The van der Waals surface area contributed by atoms with E-state index in [9.17, 15) is 0 Å². The Morgan fingerprint density at radius 3 is 1.30 bits per heavy atom. The first kappa shape index (κ1) is 40.1. The van der Waals surface area contributed by atoms with Crippen molar-refractivity contribution in [3.63, 3.8) is 0 Å². The molecule has 0 N–H and O–H groups in total. The van der Waals surface area contributed by atoms with Gasteiger partial charge < -0.3 is 14.0 Å². The number of hydrogen-bond acceptors (Lipinski definition) is 1. The van der Waals surface area contributed by atoms with Crippen LogP contribution in [0.4, 0.5) is 17.1 Å². The summed E-state index contributed by atoms with van der Waals surface area (Å²) in [5.74, 6) is 0. The lowest BCUT2D eigenvalue weighted by Gasteiger charge is -2.30. The number of fused-ring (bicyclic) bond motifs is 6. The minimum absolute atomic E-state index is 1.06. The Morgan fingerprint density at radius 1 is 0.246 bits per heavy atom. The third-order valence-electron chi connectivity index (χ3n) is 13.7. The topological polar surface area (TPSA) is 13.1 Å². The fourth-order valence-electron chi connectivity index (χ4n) is 10.8. The van der Waals surface area contributed by atoms with Crippen molar-refractivity contribution in [1.29, 1.82) is 0 Å². The molecule has 0 aliphatic carbocycles. The molecule has 3 heteroatoms. The molecule has 324 valence electrons. The van der Waals surface area contributed by atoms with Gasteiger partial charge in [0.05, 0.1) is 33.4 Å². The molecule has 0 bridgehead atoms. The van der Waals surface area contributed by atoms with E-state index < -0.39 is 0 Å². The van der Waals surface area contributed by atoms with Gasteiger partial charge in [0.1, 0.15) is 0 Å². The van der Waals surface area contributed by atoms with Gasteiger partial charge in [-0.25, -0.2) is 0 Å². The largest absolute Gasteiger partial charge is 0.309 e. The van der Waals surface area contributed by atoms with E-state index in [1.165, 1.54) is 60.4 Å². The molecule has 3 nitrogen and oxygen atoms in total. The smallest absolute Gasteiger partial charge is 0.0562 e. The molecule has 0 radical (unpaired) electrons. The van der Waals surface area contributed by atoms with Gasteiger partial charge in [0.25, 0.3) is 0 Å². The van der Waals surface area contributed by atoms with Crippen molar-refractivity contribution in [2.24, 2.45) is 0 Å². The molecule has 0 amide bonds. The lowest BCUT2D eigenvalue weighted by Crippen LogP contribution is -2.12. The van der Waals surface area contributed by atoms with E-state index in [0.717, 1.165) is 56.2 Å². The fraction of sp³-hybridized carbons (Fsp3) is 0. The Bertz CT molecular complexity index is 4010. The van der Waals surface area contributed by atoms with Crippen molar-refractivity contribution in [2.45, 2.75) is 0 Å². The molecule has 0 saturated heterocycles. The van der Waals surface area contributed by atoms with Gasteiger partial charge in [-0.15, -0.1) is 0 Å². The van der Waals surface area contributed by atoms with Crippen LogP contribution < -0.4 is 4.90 Å². The maximum Gasteiger partial charge on any atom is 0.0562 e. The van der Waals surface area contributed by atoms with Crippen LogP contribution >= 0.6 is 0 Å². The zero-order valence-corrected chi connectivity index (χ0v) is 37.8.